The molecule has 0 atom stereocenters. The molecule has 0 bridgehead atoms. The van der Waals surface area contributed by atoms with Crippen LogP contribution < -0.4 is 15.7 Å². The van der Waals surface area contributed by atoms with Crippen molar-refractivity contribution in [2.24, 2.45) is 0 Å². The van der Waals surface area contributed by atoms with Crippen molar-refractivity contribution < 1.29 is 18.7 Å². The van der Waals surface area contributed by atoms with E-state index in [4.69, 9.17) is 9.15 Å². The number of benzene rings is 1. The fourth-order valence-corrected chi connectivity index (χ4v) is 2.15. The Bertz CT molecular complexity index is 835. The zero-order valence-corrected chi connectivity index (χ0v) is 14.8. The summed E-state index contributed by atoms with van der Waals surface area (Å²) in [7, 11) is 1.54. The average Bonchev–Trinajstić information content (AvgIpc) is 2.50. The molecule has 7 nitrogen and oxygen atoms in total. The molecule has 2 amide bonds. The lowest BCUT2D eigenvalue weighted by Gasteiger charge is -2.23. The van der Waals surface area contributed by atoms with Gasteiger partial charge in [0.05, 0.1) is 6.54 Å². The number of fused-ring (bicyclic) bond motifs is 1. The van der Waals surface area contributed by atoms with Gasteiger partial charge in [-0.2, -0.15) is 0 Å². The van der Waals surface area contributed by atoms with E-state index in [1.54, 1.807) is 24.3 Å². The second-order valence-electron chi connectivity index (χ2n) is 6.79. The minimum absolute atomic E-state index is 0.0495. The van der Waals surface area contributed by atoms with E-state index in [9.17, 15) is 14.4 Å². The van der Waals surface area contributed by atoms with Gasteiger partial charge in [0.25, 0.3) is 5.91 Å². The molecule has 1 N–H and O–H groups in total. The van der Waals surface area contributed by atoms with Crippen LogP contribution in [0.5, 0.6) is 5.75 Å². The standard InChI is InChI=1S/C18H22N2O5/c1-18(2,3)19-15(21)10-20(4)16(22)11-24-13-7-5-12-6-8-17(23)25-14(12)9-13/h5-9H,10-11H2,1-4H3,(H,19,21). The van der Waals surface area contributed by atoms with Gasteiger partial charge in [-0.1, -0.05) is 0 Å². The van der Waals surface area contributed by atoms with E-state index < -0.39 is 5.63 Å². The van der Waals surface area contributed by atoms with Gasteiger partial charge in [-0.15, -0.1) is 0 Å². The Hall–Kier alpha value is -2.83. The smallest absolute Gasteiger partial charge is 0.336 e. The van der Waals surface area contributed by atoms with Crippen LogP contribution in [0.4, 0.5) is 0 Å². The maximum atomic E-state index is 12.1. The third-order valence-corrected chi connectivity index (χ3v) is 3.28. The van der Waals surface area contributed by atoms with E-state index in [0.29, 0.717) is 11.3 Å². The third-order valence-electron chi connectivity index (χ3n) is 3.28. The predicted molar refractivity (Wildman–Crippen MR) is 93.5 cm³/mol. The van der Waals surface area contributed by atoms with Gasteiger partial charge in [0, 0.05) is 30.1 Å². The van der Waals surface area contributed by atoms with Gasteiger partial charge in [-0.3, -0.25) is 9.59 Å². The molecule has 0 radical (unpaired) electrons. The molecule has 134 valence electrons. The second kappa shape index (κ2) is 7.38. The molecule has 2 aromatic rings. The molecule has 1 aromatic heterocycles. The summed E-state index contributed by atoms with van der Waals surface area (Å²) in [5.41, 5.74) is -0.423. The Balaban J connectivity index is 1.93. The summed E-state index contributed by atoms with van der Waals surface area (Å²) in [6.45, 7) is 5.34. The van der Waals surface area contributed by atoms with Crippen molar-refractivity contribution in [1.29, 1.82) is 0 Å². The fraction of sp³-hybridized carbons (Fsp3) is 0.389. The van der Waals surface area contributed by atoms with E-state index >= 15 is 0 Å². The number of nitrogens with one attached hydrogen (secondary N) is 1. The lowest BCUT2D eigenvalue weighted by molar-refractivity contribution is -0.136. The molecule has 1 aromatic carbocycles. The fourth-order valence-electron chi connectivity index (χ4n) is 2.15. The molecule has 0 aliphatic heterocycles. The minimum atomic E-state index is -0.453. The van der Waals surface area contributed by atoms with Gasteiger partial charge in [-0.05, 0) is 39.0 Å². The monoisotopic (exact) mass is 346 g/mol. The van der Waals surface area contributed by atoms with Gasteiger partial charge in [0.2, 0.25) is 5.91 Å². The van der Waals surface area contributed by atoms with E-state index in [1.165, 1.54) is 18.0 Å². The number of hydrogen-bond acceptors (Lipinski definition) is 5. The molecule has 0 fully saturated rings. The van der Waals surface area contributed by atoms with Crippen LogP contribution >= 0.6 is 0 Å². The summed E-state index contributed by atoms with van der Waals surface area (Å²) in [6.07, 6.45) is 0. The predicted octanol–water partition coefficient (Wildman–Crippen LogP) is 1.54. The van der Waals surface area contributed by atoms with Crippen molar-refractivity contribution in [1.82, 2.24) is 10.2 Å². The Labute approximate surface area is 145 Å². The molecular weight excluding hydrogens is 324 g/mol. The zero-order chi connectivity index (χ0) is 18.6. The Morgan fingerprint density at radius 3 is 2.56 bits per heavy atom. The molecule has 0 unspecified atom stereocenters. The van der Waals surface area contributed by atoms with Gasteiger partial charge in [-0.25, -0.2) is 4.79 Å². The highest BCUT2D eigenvalue weighted by atomic mass is 16.5. The SMILES string of the molecule is CN(CC(=O)NC(C)(C)C)C(=O)COc1ccc2ccc(=O)oc2c1. The van der Waals surface area contributed by atoms with E-state index in [-0.39, 0.29) is 30.5 Å². The normalized spacial score (nSPS) is 11.2. The van der Waals surface area contributed by atoms with Crippen LogP contribution in [-0.2, 0) is 9.59 Å². The van der Waals surface area contributed by atoms with Crippen molar-refractivity contribution >= 4 is 22.8 Å². The first-order valence-corrected chi connectivity index (χ1v) is 7.86. The summed E-state index contributed by atoms with van der Waals surface area (Å²) < 4.78 is 10.5. The molecule has 0 aliphatic carbocycles. The van der Waals surface area contributed by atoms with Crippen molar-refractivity contribution in [2.75, 3.05) is 20.2 Å². The van der Waals surface area contributed by atoms with Crippen LogP contribution in [0.1, 0.15) is 20.8 Å². The topological polar surface area (TPSA) is 88.9 Å². The Kier molecular flexibility index (Phi) is 5.46. The maximum absolute atomic E-state index is 12.1. The molecular formula is C18H22N2O5. The molecule has 0 saturated heterocycles. The molecule has 25 heavy (non-hydrogen) atoms. The molecule has 1 heterocycles. The van der Waals surface area contributed by atoms with E-state index in [0.717, 1.165) is 5.39 Å². The van der Waals surface area contributed by atoms with Crippen LogP contribution in [-0.4, -0.2) is 42.5 Å². The highest BCUT2D eigenvalue weighted by molar-refractivity contribution is 5.85. The van der Waals surface area contributed by atoms with E-state index in [2.05, 4.69) is 5.32 Å². The van der Waals surface area contributed by atoms with E-state index in [1.807, 2.05) is 20.8 Å². The zero-order valence-electron chi connectivity index (χ0n) is 14.8. The molecule has 7 heteroatoms. The minimum Gasteiger partial charge on any atom is -0.484 e. The Morgan fingerprint density at radius 2 is 1.88 bits per heavy atom. The van der Waals surface area contributed by atoms with Crippen molar-refractivity contribution in [3.05, 3.63) is 40.8 Å². The van der Waals surface area contributed by atoms with Crippen LogP contribution in [0.2, 0.25) is 0 Å². The highest BCUT2D eigenvalue weighted by Crippen LogP contribution is 2.19. The number of rotatable bonds is 5. The first-order valence-electron chi connectivity index (χ1n) is 7.86. The van der Waals surface area contributed by atoms with Crippen LogP contribution in [0.3, 0.4) is 0 Å². The van der Waals surface area contributed by atoms with Crippen LogP contribution in [0, 0.1) is 0 Å². The molecule has 0 aliphatic rings. The van der Waals surface area contributed by atoms with Crippen LogP contribution in [0.25, 0.3) is 11.0 Å². The maximum Gasteiger partial charge on any atom is 0.336 e. The lowest BCUT2D eigenvalue weighted by Crippen LogP contribution is -2.47. The van der Waals surface area contributed by atoms with Crippen LogP contribution in [0.15, 0.2) is 39.5 Å². The number of carbonyl (C=O) groups is 2. The van der Waals surface area contributed by atoms with Gasteiger partial charge in [0.1, 0.15) is 11.3 Å². The summed E-state index contributed by atoms with van der Waals surface area (Å²) in [6, 6.07) is 7.96. The first-order chi connectivity index (χ1) is 11.6. The van der Waals surface area contributed by atoms with Gasteiger partial charge >= 0.3 is 5.63 Å². The Morgan fingerprint density at radius 1 is 1.20 bits per heavy atom. The average molecular weight is 346 g/mol. The van der Waals surface area contributed by atoms with Crippen molar-refractivity contribution in [2.45, 2.75) is 26.3 Å². The van der Waals surface area contributed by atoms with Gasteiger partial charge < -0.3 is 19.4 Å². The second-order valence-corrected chi connectivity index (χ2v) is 6.79. The van der Waals surface area contributed by atoms with Crippen molar-refractivity contribution in [3.63, 3.8) is 0 Å². The number of carbonyl (C=O) groups excluding carboxylic acids is 2. The summed E-state index contributed by atoms with van der Waals surface area (Å²) in [5, 5.41) is 3.55. The number of likely N-dealkylation sites (N-methyl/N-ethyl adjacent to an activating group) is 1. The van der Waals surface area contributed by atoms with Crippen molar-refractivity contribution in [3.8, 4) is 5.75 Å². The number of amides is 2. The number of ether oxygens (including phenoxy) is 1. The molecule has 2 rings (SSSR count). The number of hydrogen-bond donors (Lipinski definition) is 1. The molecule has 0 saturated carbocycles. The highest BCUT2D eigenvalue weighted by Gasteiger charge is 2.18. The summed E-state index contributed by atoms with van der Waals surface area (Å²) in [4.78, 5) is 36.5. The van der Waals surface area contributed by atoms with Gasteiger partial charge in [0.15, 0.2) is 6.61 Å². The third kappa shape index (κ3) is 5.63. The lowest BCUT2D eigenvalue weighted by atomic mass is 10.1. The molecule has 0 spiro atoms. The summed E-state index contributed by atoms with van der Waals surface area (Å²) >= 11 is 0. The number of nitrogens with zero attached hydrogens (tertiary/aromatic N) is 1. The summed E-state index contributed by atoms with van der Waals surface area (Å²) in [5.74, 6) is -0.169. The largest absolute Gasteiger partial charge is 0.484 e. The quantitative estimate of drug-likeness (QED) is 0.830. The first kappa shape index (κ1) is 18.5.